The van der Waals surface area contributed by atoms with Crippen LogP contribution in [0.4, 0.5) is 5.69 Å². The monoisotopic (exact) mass is 430 g/mol. The number of aromatic nitrogens is 2. The number of imide groups is 1. The molecule has 4 aromatic rings. The minimum absolute atomic E-state index is 0.323. The third kappa shape index (κ3) is 3.21. The molecule has 1 aliphatic rings. The van der Waals surface area contributed by atoms with Crippen LogP contribution in [0.1, 0.15) is 32.5 Å². The summed E-state index contributed by atoms with van der Waals surface area (Å²) >= 11 is 1.61. The number of thiazole rings is 1. The molecule has 0 aliphatic carbocycles. The van der Waals surface area contributed by atoms with Crippen LogP contribution in [0.3, 0.4) is 0 Å². The molecule has 0 bridgehead atoms. The number of carbonyl (C=O) groups is 3. The van der Waals surface area contributed by atoms with E-state index >= 15 is 0 Å². The molecule has 0 saturated carbocycles. The fraction of sp³-hybridized carbons (Fsp3) is 0.130. The van der Waals surface area contributed by atoms with Gasteiger partial charge in [0.25, 0.3) is 11.8 Å². The summed E-state index contributed by atoms with van der Waals surface area (Å²) in [6.07, 6.45) is 3.97. The average Bonchev–Trinajstić information content (AvgIpc) is 3.38. The lowest BCUT2D eigenvalue weighted by atomic mass is 10.1. The lowest BCUT2D eigenvalue weighted by molar-refractivity contribution is -0.119. The number of carbonyl (C=O) groups excluding carboxylic acids is 3. The van der Waals surface area contributed by atoms with Crippen LogP contribution >= 0.6 is 11.3 Å². The van der Waals surface area contributed by atoms with Crippen molar-refractivity contribution >= 4 is 39.7 Å². The number of anilines is 1. The third-order valence-corrected chi connectivity index (χ3v) is 6.20. The summed E-state index contributed by atoms with van der Waals surface area (Å²) in [5, 5.41) is 2.82. The fourth-order valence-corrected chi connectivity index (χ4v) is 4.54. The molecule has 7 nitrogen and oxygen atoms in total. The summed E-state index contributed by atoms with van der Waals surface area (Å²) < 4.78 is 1.98. The van der Waals surface area contributed by atoms with Crippen molar-refractivity contribution in [3.63, 3.8) is 0 Å². The number of aryl methyl sites for hydroxylation is 1. The van der Waals surface area contributed by atoms with Gasteiger partial charge in [0.2, 0.25) is 5.91 Å². The highest BCUT2D eigenvalue weighted by atomic mass is 32.1. The van der Waals surface area contributed by atoms with Gasteiger partial charge in [0.15, 0.2) is 4.96 Å². The number of hydrogen-bond acceptors (Lipinski definition) is 5. The van der Waals surface area contributed by atoms with Crippen LogP contribution in [0, 0.1) is 6.92 Å². The van der Waals surface area contributed by atoms with Crippen molar-refractivity contribution in [2.75, 3.05) is 5.32 Å². The van der Waals surface area contributed by atoms with Gasteiger partial charge in [-0.2, -0.15) is 0 Å². The molecular weight excluding hydrogens is 412 g/mol. The molecule has 1 unspecified atom stereocenters. The second-order valence-corrected chi connectivity index (χ2v) is 8.64. The van der Waals surface area contributed by atoms with Crippen molar-refractivity contribution in [3.05, 3.63) is 76.9 Å². The van der Waals surface area contributed by atoms with E-state index < -0.39 is 23.8 Å². The van der Waals surface area contributed by atoms with Gasteiger partial charge >= 0.3 is 0 Å². The second kappa shape index (κ2) is 7.17. The Morgan fingerprint density at radius 3 is 2.42 bits per heavy atom. The van der Waals surface area contributed by atoms with Gasteiger partial charge in [-0.25, -0.2) is 4.98 Å². The SMILES string of the molecule is Cc1cn2cc(-c3cccc(NC(=O)C(C)N4C(=O)c5ccccc5C4=O)c3)nc2s1. The van der Waals surface area contributed by atoms with Gasteiger partial charge in [-0.3, -0.25) is 23.7 Å². The number of amides is 3. The number of hydrogen-bond donors (Lipinski definition) is 1. The Labute approximate surface area is 182 Å². The largest absolute Gasteiger partial charge is 0.324 e. The zero-order valence-electron chi connectivity index (χ0n) is 16.8. The lowest BCUT2D eigenvalue weighted by Gasteiger charge is -2.21. The number of nitrogens with one attached hydrogen (secondary N) is 1. The first kappa shape index (κ1) is 19.2. The zero-order chi connectivity index (χ0) is 21.7. The number of rotatable bonds is 4. The smallest absolute Gasteiger partial charge is 0.262 e. The molecule has 3 heterocycles. The Balaban J connectivity index is 1.36. The number of imidazole rings is 1. The molecule has 1 N–H and O–H groups in total. The number of nitrogens with zero attached hydrogens (tertiary/aromatic N) is 3. The Morgan fingerprint density at radius 2 is 1.74 bits per heavy atom. The van der Waals surface area contributed by atoms with E-state index in [1.54, 1.807) is 48.6 Å². The predicted molar refractivity (Wildman–Crippen MR) is 118 cm³/mol. The lowest BCUT2D eigenvalue weighted by Crippen LogP contribution is -2.45. The topological polar surface area (TPSA) is 83.8 Å². The van der Waals surface area contributed by atoms with E-state index in [0.29, 0.717) is 16.8 Å². The van der Waals surface area contributed by atoms with Crippen LogP contribution in [-0.4, -0.2) is 38.0 Å². The van der Waals surface area contributed by atoms with E-state index in [9.17, 15) is 14.4 Å². The van der Waals surface area contributed by atoms with Crippen molar-refractivity contribution in [2.24, 2.45) is 0 Å². The molecule has 0 fully saturated rings. The van der Waals surface area contributed by atoms with Crippen molar-refractivity contribution < 1.29 is 14.4 Å². The summed E-state index contributed by atoms with van der Waals surface area (Å²) in [6.45, 7) is 3.58. The maximum atomic E-state index is 12.9. The first-order valence-electron chi connectivity index (χ1n) is 9.76. The third-order valence-electron chi connectivity index (χ3n) is 5.29. The molecular formula is C23H18N4O3S. The van der Waals surface area contributed by atoms with E-state index in [1.165, 1.54) is 4.88 Å². The van der Waals surface area contributed by atoms with Crippen molar-refractivity contribution in [1.29, 1.82) is 0 Å². The van der Waals surface area contributed by atoms with Gasteiger partial charge in [-0.15, -0.1) is 11.3 Å². The highest BCUT2D eigenvalue weighted by Crippen LogP contribution is 2.27. The van der Waals surface area contributed by atoms with E-state index in [-0.39, 0.29) is 0 Å². The van der Waals surface area contributed by atoms with Gasteiger partial charge in [-0.05, 0) is 38.1 Å². The predicted octanol–water partition coefficient (Wildman–Crippen LogP) is 3.99. The van der Waals surface area contributed by atoms with Crippen molar-refractivity contribution in [3.8, 4) is 11.3 Å². The highest BCUT2D eigenvalue weighted by molar-refractivity contribution is 7.17. The van der Waals surface area contributed by atoms with Gasteiger partial charge < -0.3 is 5.32 Å². The van der Waals surface area contributed by atoms with Crippen molar-refractivity contribution in [2.45, 2.75) is 19.9 Å². The molecule has 5 rings (SSSR count). The Bertz CT molecular complexity index is 1300. The molecule has 8 heteroatoms. The molecule has 1 atom stereocenters. The van der Waals surface area contributed by atoms with Crippen LogP contribution < -0.4 is 5.32 Å². The normalized spacial score (nSPS) is 14.2. The first-order valence-corrected chi connectivity index (χ1v) is 10.6. The summed E-state index contributed by atoms with van der Waals surface area (Å²) in [4.78, 5) is 45.9. The fourth-order valence-electron chi connectivity index (χ4n) is 3.73. The summed E-state index contributed by atoms with van der Waals surface area (Å²) in [5.41, 5.74) is 2.88. The number of benzene rings is 2. The highest BCUT2D eigenvalue weighted by Gasteiger charge is 2.40. The Hall–Kier alpha value is -3.78. The summed E-state index contributed by atoms with van der Waals surface area (Å²) in [5.74, 6) is -1.34. The quantitative estimate of drug-likeness (QED) is 0.496. The molecule has 2 aromatic heterocycles. The maximum absolute atomic E-state index is 12.9. The molecule has 1 aliphatic heterocycles. The number of fused-ring (bicyclic) bond motifs is 2. The molecule has 0 saturated heterocycles. The van der Waals surface area contributed by atoms with Crippen molar-refractivity contribution in [1.82, 2.24) is 14.3 Å². The molecule has 154 valence electrons. The molecule has 0 radical (unpaired) electrons. The van der Waals surface area contributed by atoms with E-state index in [0.717, 1.165) is 21.1 Å². The molecule has 3 amide bonds. The van der Waals surface area contributed by atoms with Crippen LogP contribution in [0.15, 0.2) is 60.9 Å². The Morgan fingerprint density at radius 1 is 1.03 bits per heavy atom. The van der Waals surface area contributed by atoms with E-state index in [4.69, 9.17) is 0 Å². The van der Waals surface area contributed by atoms with Crippen LogP contribution in [0.2, 0.25) is 0 Å². The van der Waals surface area contributed by atoms with Gasteiger partial charge in [0.05, 0.1) is 16.8 Å². The van der Waals surface area contributed by atoms with Crippen LogP contribution in [0.5, 0.6) is 0 Å². The maximum Gasteiger partial charge on any atom is 0.262 e. The second-order valence-electron chi connectivity index (χ2n) is 7.43. The molecule has 0 spiro atoms. The van der Waals surface area contributed by atoms with Gasteiger partial charge in [0, 0.05) is 28.5 Å². The van der Waals surface area contributed by atoms with E-state index in [1.807, 2.05) is 41.9 Å². The first-order chi connectivity index (χ1) is 14.9. The van der Waals surface area contributed by atoms with Gasteiger partial charge in [-0.1, -0.05) is 24.3 Å². The minimum Gasteiger partial charge on any atom is -0.324 e. The van der Waals surface area contributed by atoms with Crippen LogP contribution in [-0.2, 0) is 4.79 Å². The summed E-state index contributed by atoms with van der Waals surface area (Å²) in [6, 6.07) is 13.0. The minimum atomic E-state index is -0.947. The van der Waals surface area contributed by atoms with E-state index in [2.05, 4.69) is 10.3 Å². The molecule has 31 heavy (non-hydrogen) atoms. The zero-order valence-corrected chi connectivity index (χ0v) is 17.6. The standard InChI is InChI=1S/C23H18N4O3S/c1-13-11-26-12-19(25-23(26)31-13)15-6-5-7-16(10-15)24-20(28)14(2)27-21(29)17-8-3-4-9-18(17)22(27)30/h3-12,14H,1-2H3,(H,24,28). The average molecular weight is 430 g/mol. The van der Waals surface area contributed by atoms with Gasteiger partial charge in [0.1, 0.15) is 6.04 Å². The van der Waals surface area contributed by atoms with Crippen LogP contribution in [0.25, 0.3) is 16.2 Å². The molecule has 2 aromatic carbocycles. The Kier molecular flexibility index (Phi) is 4.44. The summed E-state index contributed by atoms with van der Waals surface area (Å²) in [7, 11) is 0.